The lowest BCUT2D eigenvalue weighted by molar-refractivity contribution is -0.390. The van der Waals surface area contributed by atoms with Crippen LogP contribution in [0, 0.1) is 24.0 Å². The van der Waals surface area contributed by atoms with Gasteiger partial charge in [-0.2, -0.15) is 9.78 Å². The normalized spacial score (nSPS) is 11.4. The van der Waals surface area contributed by atoms with Crippen molar-refractivity contribution in [1.29, 1.82) is 0 Å². The number of amides is 2. The lowest BCUT2D eigenvalue weighted by Crippen LogP contribution is -2.22. The number of pyridine rings is 1. The zero-order chi connectivity index (χ0) is 27.2. The highest BCUT2D eigenvalue weighted by atomic mass is 79.9. The van der Waals surface area contributed by atoms with Crippen molar-refractivity contribution in [3.05, 3.63) is 48.8 Å². The molecule has 0 fully saturated rings. The number of fused-ring (bicyclic) bond motifs is 1. The molecule has 194 valence electrons. The molecule has 0 aliphatic heterocycles. The molecule has 0 atom stereocenters. The molecule has 0 radical (unpaired) electrons. The average molecular weight is 597 g/mol. The second-order valence-electron chi connectivity index (χ2n) is 7.89. The van der Waals surface area contributed by atoms with Gasteiger partial charge in [0.2, 0.25) is 5.91 Å². The Balaban J connectivity index is 1.86. The Kier molecular flexibility index (Phi) is 7.05. The summed E-state index contributed by atoms with van der Waals surface area (Å²) in [4.78, 5) is 39.8. The number of rotatable bonds is 8. The van der Waals surface area contributed by atoms with E-state index in [1.54, 1.807) is 11.6 Å². The zero-order valence-electron chi connectivity index (χ0n) is 19.6. The van der Waals surface area contributed by atoms with Gasteiger partial charge in [0.25, 0.3) is 12.3 Å². The first-order chi connectivity index (χ1) is 17.4. The minimum atomic E-state index is -2.89. The van der Waals surface area contributed by atoms with Crippen LogP contribution in [0.4, 0.5) is 20.3 Å². The van der Waals surface area contributed by atoms with Crippen LogP contribution in [0.5, 0.6) is 0 Å². The molecule has 4 aromatic rings. The van der Waals surface area contributed by atoms with Gasteiger partial charge in [0.15, 0.2) is 0 Å². The number of carbonyl (C=O) groups excluding carboxylic acids is 2. The van der Waals surface area contributed by atoms with Gasteiger partial charge >= 0.3 is 5.82 Å². The van der Waals surface area contributed by atoms with Gasteiger partial charge in [0, 0.05) is 23.2 Å². The molecule has 12 nitrogen and oxygen atoms in total. The molecule has 0 spiro atoms. The van der Waals surface area contributed by atoms with Crippen molar-refractivity contribution in [3.63, 3.8) is 0 Å². The first kappa shape index (κ1) is 26.3. The summed E-state index contributed by atoms with van der Waals surface area (Å²) in [7, 11) is 0. The summed E-state index contributed by atoms with van der Waals surface area (Å²) < 4.78 is 30.3. The number of hydrogen-bond donors (Lipinski definition) is 2. The topological polar surface area (TPSA) is 164 Å². The van der Waals surface area contributed by atoms with Gasteiger partial charge in [-0.3, -0.25) is 14.3 Å². The molecule has 0 aromatic carbocycles. The molecule has 37 heavy (non-hydrogen) atoms. The summed E-state index contributed by atoms with van der Waals surface area (Å²) in [6, 6.07) is 1.20. The predicted molar refractivity (Wildman–Crippen MR) is 135 cm³/mol. The van der Waals surface area contributed by atoms with E-state index in [1.165, 1.54) is 19.2 Å². The predicted octanol–water partition coefficient (Wildman–Crippen LogP) is 4.34. The number of nitrogens with one attached hydrogen (secondary N) is 1. The third kappa shape index (κ3) is 4.69. The summed E-state index contributed by atoms with van der Waals surface area (Å²) in [6.45, 7) is 5.28. The first-order valence-electron chi connectivity index (χ1n) is 10.7. The lowest BCUT2D eigenvalue weighted by Gasteiger charge is -2.11. The Morgan fingerprint density at radius 1 is 1.27 bits per heavy atom. The van der Waals surface area contributed by atoms with Gasteiger partial charge in [-0.15, -0.1) is 11.3 Å². The Morgan fingerprint density at radius 3 is 2.51 bits per heavy atom. The van der Waals surface area contributed by atoms with Crippen molar-refractivity contribution in [2.75, 3.05) is 5.32 Å². The molecule has 0 saturated carbocycles. The van der Waals surface area contributed by atoms with E-state index >= 15 is 0 Å². The van der Waals surface area contributed by atoms with E-state index in [1.807, 2.05) is 6.92 Å². The van der Waals surface area contributed by atoms with Gasteiger partial charge < -0.3 is 21.2 Å². The average Bonchev–Trinajstić information content (AvgIpc) is 3.48. The summed E-state index contributed by atoms with van der Waals surface area (Å²) in [6.07, 6.45) is -1.38. The Labute approximate surface area is 219 Å². The van der Waals surface area contributed by atoms with Gasteiger partial charge in [-0.1, -0.05) is 0 Å². The van der Waals surface area contributed by atoms with Crippen LogP contribution in [0.25, 0.3) is 21.3 Å². The number of nitro groups is 1. The van der Waals surface area contributed by atoms with Crippen LogP contribution >= 0.6 is 27.3 Å². The Bertz CT molecular complexity index is 1580. The maximum Gasteiger partial charge on any atom is 0.404 e. The van der Waals surface area contributed by atoms with Crippen LogP contribution in [-0.4, -0.2) is 41.3 Å². The lowest BCUT2D eigenvalue weighted by atomic mass is 10.0. The molecule has 2 amide bonds. The molecule has 4 aromatic heterocycles. The molecule has 4 rings (SSSR count). The van der Waals surface area contributed by atoms with E-state index in [2.05, 4.69) is 36.4 Å². The molecule has 0 saturated heterocycles. The van der Waals surface area contributed by atoms with E-state index in [0.29, 0.717) is 29.1 Å². The number of nitrogens with two attached hydrogens (primary N) is 1. The summed E-state index contributed by atoms with van der Waals surface area (Å²) in [5, 5.41) is 22.2. The summed E-state index contributed by atoms with van der Waals surface area (Å²) in [5.74, 6) is -2.03. The molecule has 0 unspecified atom stereocenters. The standard InChI is InChI=1S/C21H19BrF2N8O4S/c1-4-30-8(2)11(6-26-30)10-5-12(18(23)24)27-21-14(10)16(17(37-21)19(25)34)28-13(33)7-31-9(3)15(22)20(29-31)32(35)36/h5-6,18H,4,7H2,1-3H3,(H2,25,34)(H,28,33). The van der Waals surface area contributed by atoms with Crippen molar-refractivity contribution in [2.45, 2.75) is 40.3 Å². The molecule has 0 bridgehead atoms. The van der Waals surface area contributed by atoms with Gasteiger partial charge in [-0.05, 0) is 53.3 Å². The van der Waals surface area contributed by atoms with Crippen molar-refractivity contribution in [2.24, 2.45) is 5.73 Å². The van der Waals surface area contributed by atoms with Crippen molar-refractivity contribution >= 4 is 60.8 Å². The van der Waals surface area contributed by atoms with E-state index in [0.717, 1.165) is 16.0 Å². The van der Waals surface area contributed by atoms with Crippen molar-refractivity contribution in [1.82, 2.24) is 24.5 Å². The highest BCUT2D eigenvalue weighted by Gasteiger charge is 2.28. The number of halogens is 3. The summed E-state index contributed by atoms with van der Waals surface area (Å²) in [5.41, 5.74) is 6.88. The van der Waals surface area contributed by atoms with Crippen LogP contribution in [0.1, 0.15) is 40.1 Å². The monoisotopic (exact) mass is 596 g/mol. The number of anilines is 1. The Morgan fingerprint density at radius 2 is 1.97 bits per heavy atom. The zero-order valence-corrected chi connectivity index (χ0v) is 22.0. The first-order valence-corrected chi connectivity index (χ1v) is 12.3. The molecule has 3 N–H and O–H groups in total. The van der Waals surface area contributed by atoms with E-state index in [4.69, 9.17) is 5.73 Å². The number of alkyl halides is 2. The van der Waals surface area contributed by atoms with E-state index < -0.39 is 41.2 Å². The molecular weight excluding hydrogens is 578 g/mol. The molecule has 0 aliphatic rings. The number of thiophene rings is 1. The van der Waals surface area contributed by atoms with Gasteiger partial charge in [-0.25, -0.2) is 13.8 Å². The van der Waals surface area contributed by atoms with Crippen LogP contribution in [-0.2, 0) is 17.9 Å². The van der Waals surface area contributed by atoms with E-state index in [9.17, 15) is 28.5 Å². The smallest absolute Gasteiger partial charge is 0.365 e. The number of primary amides is 1. The largest absolute Gasteiger partial charge is 0.404 e. The maximum atomic E-state index is 13.7. The second-order valence-corrected chi connectivity index (χ2v) is 9.68. The molecule has 4 heterocycles. The minimum absolute atomic E-state index is 0.00263. The van der Waals surface area contributed by atoms with Crippen molar-refractivity contribution in [3.8, 4) is 11.1 Å². The highest BCUT2D eigenvalue weighted by Crippen LogP contribution is 2.43. The van der Waals surface area contributed by atoms with Crippen LogP contribution in [0.3, 0.4) is 0 Å². The molecular formula is C21H19BrF2N8O4S. The second kappa shape index (κ2) is 9.93. The van der Waals surface area contributed by atoms with Gasteiger partial charge in [0.1, 0.15) is 26.4 Å². The number of hydrogen-bond acceptors (Lipinski definition) is 8. The Hall–Kier alpha value is -3.79. The third-order valence-electron chi connectivity index (χ3n) is 5.67. The van der Waals surface area contributed by atoms with E-state index in [-0.39, 0.29) is 25.3 Å². The fourth-order valence-electron chi connectivity index (χ4n) is 3.86. The SMILES string of the molecule is CCn1ncc(-c2cc(C(F)F)nc3sc(C(N)=O)c(NC(=O)Cn4nc([N+](=O)[O-])c(Br)c4C)c23)c1C. The maximum absolute atomic E-state index is 13.7. The van der Waals surface area contributed by atoms with Crippen molar-refractivity contribution < 1.29 is 23.3 Å². The number of nitrogens with zero attached hydrogens (tertiary/aromatic N) is 6. The minimum Gasteiger partial charge on any atom is -0.365 e. The number of aromatic nitrogens is 5. The number of aryl methyl sites for hydroxylation is 1. The van der Waals surface area contributed by atoms with Gasteiger partial charge in [0.05, 0.1) is 22.7 Å². The molecule has 0 aliphatic carbocycles. The summed E-state index contributed by atoms with van der Waals surface area (Å²) >= 11 is 3.86. The van der Waals surface area contributed by atoms with Crippen LogP contribution < -0.4 is 11.1 Å². The van der Waals surface area contributed by atoms with Crippen LogP contribution in [0.2, 0.25) is 0 Å². The number of carbonyl (C=O) groups is 2. The quantitative estimate of drug-likeness (QED) is 0.225. The fourth-order valence-corrected chi connectivity index (χ4v) is 5.30. The molecule has 16 heteroatoms. The highest BCUT2D eigenvalue weighted by molar-refractivity contribution is 9.10. The third-order valence-corrected chi connectivity index (χ3v) is 7.70. The fraction of sp³-hybridized carbons (Fsp3) is 0.286. The van der Waals surface area contributed by atoms with Crippen LogP contribution in [0.15, 0.2) is 16.7 Å².